The Morgan fingerprint density at radius 3 is 1.64 bits per heavy atom. The number of hydrogen-bond acceptors (Lipinski definition) is 10. The first-order valence-corrected chi connectivity index (χ1v) is 19.4. The van der Waals surface area contributed by atoms with E-state index < -0.39 is 126 Å². The number of benzene rings is 1. The van der Waals surface area contributed by atoms with Crippen LogP contribution < -0.4 is 31.9 Å². The topological polar surface area (TPSA) is 283 Å². The van der Waals surface area contributed by atoms with Crippen LogP contribution in [0.15, 0.2) is 30.3 Å². The molecule has 58 heavy (non-hydrogen) atoms. The Balaban J connectivity index is 3.17. The van der Waals surface area contributed by atoms with Crippen LogP contribution in [0.1, 0.15) is 99.5 Å². The number of carbonyl (C=O) groups is 10. The summed E-state index contributed by atoms with van der Waals surface area (Å²) in [5, 5.41) is 33.8. The summed E-state index contributed by atoms with van der Waals surface area (Å²) in [5.74, 6) is -11.9. The molecule has 1 rings (SSSR count). The van der Waals surface area contributed by atoms with Crippen LogP contribution >= 0.6 is 0 Å². The Kier molecular flexibility index (Phi) is 21.6. The van der Waals surface area contributed by atoms with Crippen molar-refractivity contribution in [2.24, 2.45) is 23.7 Å². The van der Waals surface area contributed by atoms with Crippen LogP contribution in [-0.4, -0.2) is 99.4 Å². The number of carboxylic acids is 2. The SMILES string of the molecule is CC[C@H](NC(=O)[C@H](CC(C)C)NC(=O)[C@@H](NC(=O)[C@@H](NC(=O)[C@H](CC(=O)O)CC(=O)[C@H](CCC(=O)O)NC(C)=O)C(C)C)C(C)C)C(=O)C(=O)NCc1ccccc1. The van der Waals surface area contributed by atoms with E-state index in [2.05, 4.69) is 31.9 Å². The average molecular weight is 817 g/mol. The fourth-order valence-electron chi connectivity index (χ4n) is 5.88. The number of ketones is 2. The fraction of sp³-hybridized carbons (Fsp3) is 0.600. The Bertz CT molecular complexity index is 1630. The summed E-state index contributed by atoms with van der Waals surface area (Å²) in [7, 11) is 0. The molecule has 0 fully saturated rings. The van der Waals surface area contributed by atoms with Gasteiger partial charge in [0, 0.05) is 26.3 Å². The maximum Gasteiger partial charge on any atom is 0.304 e. The first-order chi connectivity index (χ1) is 27.1. The lowest BCUT2D eigenvalue weighted by atomic mass is 9.92. The summed E-state index contributed by atoms with van der Waals surface area (Å²) in [4.78, 5) is 128. The van der Waals surface area contributed by atoms with Gasteiger partial charge in [-0.25, -0.2) is 0 Å². The van der Waals surface area contributed by atoms with Crippen molar-refractivity contribution in [2.75, 3.05) is 0 Å². The number of nitrogens with one attached hydrogen (secondary N) is 6. The third-order valence-electron chi connectivity index (χ3n) is 9.05. The summed E-state index contributed by atoms with van der Waals surface area (Å²) in [6.45, 7) is 12.9. The minimum atomic E-state index is -1.51. The number of hydrogen-bond donors (Lipinski definition) is 8. The van der Waals surface area contributed by atoms with E-state index in [4.69, 9.17) is 5.11 Å². The van der Waals surface area contributed by atoms with Crippen molar-refractivity contribution in [1.82, 2.24) is 31.9 Å². The molecule has 0 aliphatic rings. The van der Waals surface area contributed by atoms with E-state index in [1.54, 1.807) is 58.9 Å². The summed E-state index contributed by atoms with van der Waals surface area (Å²) in [6.07, 6.45) is -2.07. The Morgan fingerprint density at radius 2 is 1.16 bits per heavy atom. The molecule has 0 aromatic heterocycles. The van der Waals surface area contributed by atoms with Gasteiger partial charge in [0.2, 0.25) is 35.3 Å². The molecule has 322 valence electrons. The molecule has 0 spiro atoms. The molecule has 0 aliphatic carbocycles. The lowest BCUT2D eigenvalue weighted by molar-refractivity contribution is -0.143. The van der Waals surface area contributed by atoms with E-state index in [0.29, 0.717) is 0 Å². The van der Waals surface area contributed by atoms with Crippen molar-refractivity contribution in [1.29, 1.82) is 0 Å². The average Bonchev–Trinajstić information content (AvgIpc) is 3.13. The smallest absolute Gasteiger partial charge is 0.304 e. The van der Waals surface area contributed by atoms with Crippen LogP contribution in [0, 0.1) is 23.7 Å². The van der Waals surface area contributed by atoms with Gasteiger partial charge in [0.1, 0.15) is 18.1 Å². The van der Waals surface area contributed by atoms with Crippen molar-refractivity contribution in [3.05, 3.63) is 35.9 Å². The molecule has 6 amide bonds. The molecule has 1 aromatic carbocycles. The van der Waals surface area contributed by atoms with Crippen molar-refractivity contribution in [3.63, 3.8) is 0 Å². The molecule has 0 aliphatic heterocycles. The molecule has 18 nitrogen and oxygen atoms in total. The molecular weight excluding hydrogens is 756 g/mol. The van der Waals surface area contributed by atoms with Crippen LogP contribution in [0.25, 0.3) is 0 Å². The Labute approximate surface area is 338 Å². The van der Waals surface area contributed by atoms with E-state index in [1.165, 1.54) is 0 Å². The molecular formula is C40H60N6O12. The van der Waals surface area contributed by atoms with Gasteiger partial charge in [-0.05, 0) is 42.6 Å². The monoisotopic (exact) mass is 816 g/mol. The third-order valence-corrected chi connectivity index (χ3v) is 9.05. The minimum absolute atomic E-state index is 0.0841. The predicted octanol–water partition coefficient (Wildman–Crippen LogP) is 0.999. The molecule has 0 bridgehead atoms. The zero-order valence-electron chi connectivity index (χ0n) is 34.5. The molecule has 0 radical (unpaired) electrons. The van der Waals surface area contributed by atoms with Gasteiger partial charge in [-0.2, -0.15) is 0 Å². The predicted molar refractivity (Wildman–Crippen MR) is 210 cm³/mol. The van der Waals surface area contributed by atoms with E-state index >= 15 is 0 Å². The third kappa shape index (κ3) is 18.1. The molecule has 0 saturated carbocycles. The summed E-state index contributed by atoms with van der Waals surface area (Å²) < 4.78 is 0. The van der Waals surface area contributed by atoms with Crippen molar-refractivity contribution in [2.45, 2.75) is 131 Å². The molecule has 18 heteroatoms. The minimum Gasteiger partial charge on any atom is -0.481 e. The number of amides is 6. The molecule has 0 unspecified atom stereocenters. The summed E-state index contributed by atoms with van der Waals surface area (Å²) in [6, 6.07) is 2.70. The maximum atomic E-state index is 13.7. The zero-order valence-corrected chi connectivity index (χ0v) is 34.5. The molecule has 0 saturated heterocycles. The van der Waals surface area contributed by atoms with Crippen molar-refractivity contribution in [3.8, 4) is 0 Å². The second-order valence-electron chi connectivity index (χ2n) is 15.3. The van der Waals surface area contributed by atoms with Gasteiger partial charge in [-0.3, -0.25) is 47.9 Å². The molecule has 1 aromatic rings. The zero-order chi connectivity index (χ0) is 44.3. The van der Waals surface area contributed by atoms with Gasteiger partial charge in [-0.15, -0.1) is 0 Å². The van der Waals surface area contributed by atoms with Crippen LogP contribution in [0.5, 0.6) is 0 Å². The fourth-order valence-corrected chi connectivity index (χ4v) is 5.88. The van der Waals surface area contributed by atoms with Gasteiger partial charge < -0.3 is 42.1 Å². The highest BCUT2D eigenvalue weighted by atomic mass is 16.4. The summed E-state index contributed by atoms with van der Waals surface area (Å²) >= 11 is 0. The lowest BCUT2D eigenvalue weighted by Crippen LogP contribution is -2.60. The highest BCUT2D eigenvalue weighted by molar-refractivity contribution is 6.38. The van der Waals surface area contributed by atoms with Crippen molar-refractivity contribution < 1.29 is 58.2 Å². The second-order valence-corrected chi connectivity index (χ2v) is 15.3. The van der Waals surface area contributed by atoms with Gasteiger partial charge in [0.25, 0.3) is 5.91 Å². The van der Waals surface area contributed by atoms with Gasteiger partial charge in [0.05, 0.1) is 24.4 Å². The van der Waals surface area contributed by atoms with Crippen LogP contribution in [0.4, 0.5) is 0 Å². The Hall–Kier alpha value is -5.68. The van der Waals surface area contributed by atoms with E-state index in [0.717, 1.165) is 12.5 Å². The highest BCUT2D eigenvalue weighted by Crippen LogP contribution is 2.16. The number of carbonyl (C=O) groups excluding carboxylic acids is 8. The Morgan fingerprint density at radius 1 is 0.621 bits per heavy atom. The first-order valence-electron chi connectivity index (χ1n) is 19.4. The number of rotatable bonds is 26. The largest absolute Gasteiger partial charge is 0.481 e. The number of carboxylic acid groups (broad SMARTS) is 2. The van der Waals surface area contributed by atoms with E-state index in [-0.39, 0.29) is 31.7 Å². The van der Waals surface area contributed by atoms with Gasteiger partial charge in [-0.1, -0.05) is 78.8 Å². The quantitative estimate of drug-likeness (QED) is 0.0608. The van der Waals surface area contributed by atoms with Gasteiger partial charge >= 0.3 is 11.9 Å². The molecule has 0 heterocycles. The van der Waals surface area contributed by atoms with Crippen LogP contribution in [0.3, 0.4) is 0 Å². The van der Waals surface area contributed by atoms with E-state index in [1.807, 2.05) is 19.9 Å². The second kappa shape index (κ2) is 24.8. The normalized spacial score (nSPS) is 14.2. The summed E-state index contributed by atoms with van der Waals surface area (Å²) in [5.41, 5.74) is 0.771. The number of aliphatic carboxylic acids is 2. The standard InChI is InChI=1S/C40H60N6O12/c1-9-27(35(53)40(58)41-20-25-13-11-10-12-14-25)43-37(55)29(17-21(2)3)44-38(56)33(22(4)5)46-39(57)34(23(6)7)45-36(54)26(19-32(51)52)18-30(48)28(42-24(8)47)15-16-31(49)50/h10-14,21-23,26-29,33-34H,9,15-20H2,1-8H3,(H,41,58)(H,42,47)(H,43,55)(H,44,56)(H,45,54)(H,46,57)(H,49,50)(H,51,52)/t26-,27-,28-,29-,33-,34-/m0/s1. The van der Waals surface area contributed by atoms with Gasteiger partial charge in [0.15, 0.2) is 5.78 Å². The van der Waals surface area contributed by atoms with Crippen molar-refractivity contribution >= 4 is 58.9 Å². The molecule has 8 N–H and O–H groups in total. The van der Waals surface area contributed by atoms with E-state index in [9.17, 15) is 53.1 Å². The number of Topliss-reactive ketones (excluding diaryl/α,β-unsaturated/α-hetero) is 2. The first kappa shape index (κ1) is 50.3. The lowest BCUT2D eigenvalue weighted by Gasteiger charge is -2.30. The molecule has 6 atom stereocenters. The maximum absolute atomic E-state index is 13.7. The van der Waals surface area contributed by atoms with Crippen LogP contribution in [0.2, 0.25) is 0 Å². The van der Waals surface area contributed by atoms with Crippen LogP contribution in [-0.2, 0) is 54.5 Å². The highest BCUT2D eigenvalue weighted by Gasteiger charge is 2.36.